The molecule has 1 amide bonds. The number of carbonyl (C=O) groups is 2. The second-order valence-electron chi connectivity index (χ2n) is 5.85. The number of amides is 1. The Morgan fingerprint density at radius 3 is 2.74 bits per heavy atom. The minimum atomic E-state index is -1.01. The Balaban J connectivity index is 1.72. The lowest BCUT2D eigenvalue weighted by atomic mass is 10.0. The van der Waals surface area contributed by atoms with E-state index in [1.165, 1.54) is 6.07 Å². The van der Waals surface area contributed by atoms with Crippen LogP contribution in [-0.4, -0.2) is 22.0 Å². The first-order valence-electron chi connectivity index (χ1n) is 7.57. The van der Waals surface area contributed by atoms with Gasteiger partial charge in [-0.05, 0) is 37.3 Å². The second-order valence-corrected chi connectivity index (χ2v) is 6.74. The lowest BCUT2D eigenvalue weighted by molar-refractivity contribution is -0.121. The zero-order chi connectivity index (χ0) is 16.4. The summed E-state index contributed by atoms with van der Waals surface area (Å²) in [7, 11) is 0. The Labute approximate surface area is 138 Å². The number of carbonyl (C=O) groups excluding carboxylic acids is 1. The largest absolute Gasteiger partial charge is 0.478 e. The maximum Gasteiger partial charge on any atom is 0.335 e. The average Bonchev–Trinajstić information content (AvgIpc) is 3.26. The van der Waals surface area contributed by atoms with Gasteiger partial charge in [-0.3, -0.25) is 4.79 Å². The quantitative estimate of drug-likeness (QED) is 0.853. The van der Waals surface area contributed by atoms with Crippen molar-refractivity contribution < 1.29 is 14.7 Å². The van der Waals surface area contributed by atoms with E-state index in [4.69, 9.17) is 0 Å². The van der Waals surface area contributed by atoms with E-state index in [1.807, 2.05) is 12.3 Å². The van der Waals surface area contributed by atoms with Gasteiger partial charge in [-0.15, -0.1) is 11.3 Å². The molecule has 2 aromatic rings. The van der Waals surface area contributed by atoms with E-state index < -0.39 is 5.97 Å². The summed E-state index contributed by atoms with van der Waals surface area (Å²) in [5.74, 6) is -0.731. The Hall–Kier alpha value is -2.21. The highest BCUT2D eigenvalue weighted by atomic mass is 32.1. The summed E-state index contributed by atoms with van der Waals surface area (Å²) in [6.07, 6.45) is 2.25. The van der Waals surface area contributed by atoms with E-state index in [-0.39, 0.29) is 23.9 Å². The summed E-state index contributed by atoms with van der Waals surface area (Å²) in [4.78, 5) is 28.1. The van der Waals surface area contributed by atoms with Gasteiger partial charge < -0.3 is 10.4 Å². The zero-order valence-electron chi connectivity index (χ0n) is 12.8. The summed E-state index contributed by atoms with van der Waals surface area (Å²) in [6.45, 7) is 1.94. The van der Waals surface area contributed by atoms with Crippen molar-refractivity contribution in [3.63, 3.8) is 0 Å². The van der Waals surface area contributed by atoms with Crippen LogP contribution in [-0.2, 0) is 11.2 Å². The van der Waals surface area contributed by atoms with Crippen LogP contribution in [0, 0.1) is 12.8 Å². The number of carboxylic acids is 1. The summed E-state index contributed by atoms with van der Waals surface area (Å²) in [6, 6.07) is 6.56. The molecule has 2 N–H and O–H groups in total. The molecular formula is C17H18N2O3S. The fraction of sp³-hybridized carbons (Fsp3) is 0.353. The van der Waals surface area contributed by atoms with Gasteiger partial charge in [0.25, 0.3) is 0 Å². The topological polar surface area (TPSA) is 79.3 Å². The highest BCUT2D eigenvalue weighted by molar-refractivity contribution is 7.09. The van der Waals surface area contributed by atoms with Gasteiger partial charge in [-0.1, -0.05) is 18.2 Å². The Kier molecular flexibility index (Phi) is 4.43. The van der Waals surface area contributed by atoms with Crippen molar-refractivity contribution in [2.75, 3.05) is 0 Å². The van der Waals surface area contributed by atoms with Gasteiger partial charge in [-0.25, -0.2) is 9.78 Å². The number of carboxylic acid groups (broad SMARTS) is 1. The summed E-state index contributed by atoms with van der Waals surface area (Å²) in [5.41, 5.74) is 1.67. The number of thiazole rings is 1. The molecule has 0 spiro atoms. The van der Waals surface area contributed by atoms with Gasteiger partial charge in [0.05, 0.1) is 18.0 Å². The van der Waals surface area contributed by atoms with Crippen molar-refractivity contribution in [3.05, 3.63) is 51.5 Å². The molecule has 23 heavy (non-hydrogen) atoms. The third-order valence-corrected chi connectivity index (χ3v) is 4.96. The van der Waals surface area contributed by atoms with E-state index in [0.29, 0.717) is 11.5 Å². The predicted molar refractivity (Wildman–Crippen MR) is 87.6 cm³/mol. The van der Waals surface area contributed by atoms with E-state index in [0.717, 1.165) is 23.5 Å². The molecule has 1 unspecified atom stereocenters. The Bertz CT molecular complexity index is 737. The molecule has 1 fully saturated rings. The fourth-order valence-corrected chi connectivity index (χ4v) is 3.55. The monoisotopic (exact) mass is 330 g/mol. The molecular weight excluding hydrogens is 312 g/mol. The van der Waals surface area contributed by atoms with Crippen molar-refractivity contribution >= 4 is 23.2 Å². The number of hydrogen-bond donors (Lipinski definition) is 2. The average molecular weight is 330 g/mol. The van der Waals surface area contributed by atoms with Crippen molar-refractivity contribution in [3.8, 4) is 0 Å². The number of benzene rings is 1. The van der Waals surface area contributed by atoms with Gasteiger partial charge in [0, 0.05) is 11.1 Å². The van der Waals surface area contributed by atoms with E-state index >= 15 is 0 Å². The predicted octanol–water partition coefficient (Wildman–Crippen LogP) is 2.96. The number of aryl methyl sites for hydroxylation is 1. The van der Waals surface area contributed by atoms with Crippen LogP contribution in [0.5, 0.6) is 0 Å². The molecule has 0 bridgehead atoms. The van der Waals surface area contributed by atoms with Crippen LogP contribution in [0.4, 0.5) is 0 Å². The van der Waals surface area contributed by atoms with Crippen molar-refractivity contribution in [1.82, 2.24) is 10.3 Å². The molecule has 1 aromatic heterocycles. The number of hydrogen-bond acceptors (Lipinski definition) is 4. The first-order chi connectivity index (χ1) is 11.0. The van der Waals surface area contributed by atoms with Gasteiger partial charge in [0.2, 0.25) is 5.91 Å². The number of aromatic nitrogens is 1. The van der Waals surface area contributed by atoms with E-state index in [1.54, 1.807) is 29.5 Å². The maximum absolute atomic E-state index is 12.4. The second kappa shape index (κ2) is 6.50. The van der Waals surface area contributed by atoms with Gasteiger partial charge in [0.1, 0.15) is 5.01 Å². The van der Waals surface area contributed by atoms with Crippen LogP contribution in [0.25, 0.3) is 0 Å². The van der Waals surface area contributed by atoms with Crippen molar-refractivity contribution in [2.45, 2.75) is 32.2 Å². The zero-order valence-corrected chi connectivity index (χ0v) is 13.6. The maximum atomic E-state index is 12.4. The summed E-state index contributed by atoms with van der Waals surface area (Å²) < 4.78 is 0. The normalized spacial score (nSPS) is 15.2. The third kappa shape index (κ3) is 3.76. The van der Waals surface area contributed by atoms with Crippen LogP contribution in [0.1, 0.15) is 45.5 Å². The molecule has 0 saturated heterocycles. The van der Waals surface area contributed by atoms with Crippen LogP contribution < -0.4 is 5.32 Å². The molecule has 1 heterocycles. The fourth-order valence-electron chi connectivity index (χ4n) is 2.61. The molecule has 120 valence electrons. The third-order valence-electron chi connectivity index (χ3n) is 3.91. The molecule has 1 aliphatic carbocycles. The minimum absolute atomic E-state index is 0.0572. The van der Waals surface area contributed by atoms with Crippen molar-refractivity contribution in [2.24, 2.45) is 5.92 Å². The van der Waals surface area contributed by atoms with E-state index in [9.17, 15) is 14.7 Å². The van der Waals surface area contributed by atoms with Crippen LogP contribution in [0.2, 0.25) is 0 Å². The molecule has 0 radical (unpaired) electrons. The smallest absolute Gasteiger partial charge is 0.335 e. The molecule has 1 aromatic carbocycles. The molecule has 6 heteroatoms. The lowest BCUT2D eigenvalue weighted by Gasteiger charge is -2.16. The number of rotatable bonds is 6. The van der Waals surface area contributed by atoms with Crippen molar-refractivity contribution in [1.29, 1.82) is 0 Å². The molecule has 0 aliphatic heterocycles. The SMILES string of the molecule is Cc1csc(C(NC(=O)Cc2ccccc2C(=O)O)C2CC2)n1. The standard InChI is InChI=1S/C17H18N2O3S/c1-10-9-23-16(18-10)15(11-6-7-11)19-14(20)8-12-4-2-3-5-13(12)17(21)22/h2-5,9,11,15H,6-8H2,1H3,(H,19,20)(H,21,22). The Morgan fingerprint density at radius 1 is 1.39 bits per heavy atom. The number of nitrogens with zero attached hydrogens (tertiary/aromatic N) is 1. The number of nitrogens with one attached hydrogen (secondary N) is 1. The highest BCUT2D eigenvalue weighted by Gasteiger charge is 2.35. The molecule has 1 aliphatic rings. The molecule has 1 atom stereocenters. The van der Waals surface area contributed by atoms with Gasteiger partial charge >= 0.3 is 5.97 Å². The van der Waals surface area contributed by atoms with Crippen LogP contribution in [0.15, 0.2) is 29.6 Å². The van der Waals surface area contributed by atoms with Crippen LogP contribution in [0.3, 0.4) is 0 Å². The lowest BCUT2D eigenvalue weighted by Crippen LogP contribution is -2.31. The molecule has 5 nitrogen and oxygen atoms in total. The first-order valence-corrected chi connectivity index (χ1v) is 8.45. The molecule has 3 rings (SSSR count). The Morgan fingerprint density at radius 2 is 2.13 bits per heavy atom. The summed E-state index contributed by atoms with van der Waals surface area (Å²) in [5, 5.41) is 15.2. The molecule has 1 saturated carbocycles. The van der Waals surface area contributed by atoms with E-state index in [2.05, 4.69) is 10.3 Å². The summed E-state index contributed by atoms with van der Waals surface area (Å²) >= 11 is 1.56. The first kappa shape index (κ1) is 15.7. The number of aromatic carboxylic acids is 1. The highest BCUT2D eigenvalue weighted by Crippen LogP contribution is 2.41. The van der Waals surface area contributed by atoms with Crippen LogP contribution >= 0.6 is 11.3 Å². The minimum Gasteiger partial charge on any atom is -0.478 e. The van der Waals surface area contributed by atoms with Gasteiger partial charge in [-0.2, -0.15) is 0 Å². The van der Waals surface area contributed by atoms with Gasteiger partial charge in [0.15, 0.2) is 0 Å².